The van der Waals surface area contributed by atoms with Gasteiger partial charge in [-0.25, -0.2) is 0 Å². The van der Waals surface area contributed by atoms with Crippen molar-refractivity contribution in [2.75, 3.05) is 21.3 Å². The Kier molecular flexibility index (Phi) is 4.99. The number of methoxy groups -OCH3 is 3. The first-order valence-corrected chi connectivity index (χ1v) is 5.93. The Morgan fingerprint density at radius 2 is 1.50 bits per heavy atom. The van der Waals surface area contributed by atoms with Crippen LogP contribution in [0.4, 0.5) is 0 Å². The number of hydrogen-bond donors (Lipinski definition) is 1. The van der Waals surface area contributed by atoms with E-state index in [9.17, 15) is 0 Å². The van der Waals surface area contributed by atoms with E-state index in [1.165, 1.54) is 0 Å². The van der Waals surface area contributed by atoms with Gasteiger partial charge in [-0.15, -0.1) is 0 Å². The predicted octanol–water partition coefficient (Wildman–Crippen LogP) is 2.13. The lowest BCUT2D eigenvalue weighted by molar-refractivity contribution is 0.180. The Morgan fingerprint density at radius 3 is 1.89 bits per heavy atom. The van der Waals surface area contributed by atoms with Crippen LogP contribution in [0, 0.1) is 0 Å². The molecule has 4 heteroatoms. The molecule has 1 aromatic carbocycles. The highest BCUT2D eigenvalue weighted by Gasteiger charge is 2.21. The van der Waals surface area contributed by atoms with E-state index in [1.807, 2.05) is 26.0 Å². The van der Waals surface area contributed by atoms with E-state index in [0.29, 0.717) is 13.0 Å². The van der Waals surface area contributed by atoms with E-state index in [1.54, 1.807) is 21.3 Å². The Labute approximate surface area is 109 Å². The van der Waals surface area contributed by atoms with Gasteiger partial charge in [-0.2, -0.15) is 0 Å². The van der Waals surface area contributed by atoms with Crippen LogP contribution in [0.5, 0.6) is 11.5 Å². The molecule has 0 radical (unpaired) electrons. The number of benzene rings is 1. The molecule has 0 fully saturated rings. The first kappa shape index (κ1) is 14.8. The highest BCUT2D eigenvalue weighted by atomic mass is 16.5. The third-order valence-corrected chi connectivity index (χ3v) is 2.71. The normalized spacial score (nSPS) is 11.4. The van der Waals surface area contributed by atoms with Crippen molar-refractivity contribution in [1.29, 1.82) is 0 Å². The Hall–Kier alpha value is -1.26. The Balaban J connectivity index is 3.30. The summed E-state index contributed by atoms with van der Waals surface area (Å²) in [6, 6.07) is 3.79. The van der Waals surface area contributed by atoms with Crippen LogP contribution in [0.1, 0.15) is 25.0 Å². The maximum atomic E-state index is 6.11. The fourth-order valence-electron chi connectivity index (χ4n) is 1.98. The zero-order chi connectivity index (χ0) is 13.8. The van der Waals surface area contributed by atoms with E-state index < -0.39 is 0 Å². The molecule has 0 aliphatic rings. The van der Waals surface area contributed by atoms with Crippen LogP contribution < -0.4 is 15.2 Å². The summed E-state index contributed by atoms with van der Waals surface area (Å²) in [5.74, 6) is 1.62. The second kappa shape index (κ2) is 6.07. The monoisotopic (exact) mass is 253 g/mol. The molecule has 1 rings (SSSR count). The molecule has 0 saturated carbocycles. The van der Waals surface area contributed by atoms with Gasteiger partial charge < -0.3 is 19.9 Å². The maximum absolute atomic E-state index is 6.11. The number of rotatable bonds is 6. The highest BCUT2D eigenvalue weighted by Crippen LogP contribution is 2.33. The number of nitrogens with two attached hydrogens (primary N) is 1. The molecule has 0 aliphatic heterocycles. The SMILES string of the molecule is COCc1c(OC)ccc(OC)c1CC(C)(C)N. The first-order valence-electron chi connectivity index (χ1n) is 5.93. The third-order valence-electron chi connectivity index (χ3n) is 2.71. The van der Waals surface area contributed by atoms with Gasteiger partial charge >= 0.3 is 0 Å². The van der Waals surface area contributed by atoms with Crippen molar-refractivity contribution in [2.45, 2.75) is 32.4 Å². The van der Waals surface area contributed by atoms with Gasteiger partial charge in [0.05, 0.1) is 20.8 Å². The summed E-state index contributed by atoms with van der Waals surface area (Å²) in [5, 5.41) is 0. The molecule has 0 amide bonds. The summed E-state index contributed by atoms with van der Waals surface area (Å²) in [6.07, 6.45) is 0.700. The van der Waals surface area contributed by atoms with Crippen LogP contribution in [0.3, 0.4) is 0 Å². The minimum atomic E-state index is -0.317. The van der Waals surface area contributed by atoms with Crippen LogP contribution in [-0.2, 0) is 17.8 Å². The van der Waals surface area contributed by atoms with Crippen molar-refractivity contribution in [1.82, 2.24) is 0 Å². The fraction of sp³-hybridized carbons (Fsp3) is 0.571. The molecule has 0 saturated heterocycles. The van der Waals surface area contributed by atoms with Gasteiger partial charge in [0.2, 0.25) is 0 Å². The van der Waals surface area contributed by atoms with Gasteiger partial charge in [-0.3, -0.25) is 0 Å². The van der Waals surface area contributed by atoms with Crippen molar-refractivity contribution in [3.63, 3.8) is 0 Å². The molecule has 0 aliphatic carbocycles. The van der Waals surface area contributed by atoms with Crippen LogP contribution in [0.15, 0.2) is 12.1 Å². The summed E-state index contributed by atoms with van der Waals surface area (Å²) in [5.41, 5.74) is 7.84. The van der Waals surface area contributed by atoms with E-state index in [0.717, 1.165) is 22.6 Å². The zero-order valence-electron chi connectivity index (χ0n) is 11.9. The van der Waals surface area contributed by atoms with Crippen molar-refractivity contribution in [3.05, 3.63) is 23.3 Å². The van der Waals surface area contributed by atoms with Crippen molar-refractivity contribution < 1.29 is 14.2 Å². The van der Waals surface area contributed by atoms with E-state index >= 15 is 0 Å². The smallest absolute Gasteiger partial charge is 0.124 e. The highest BCUT2D eigenvalue weighted by molar-refractivity contribution is 5.49. The Bertz CT molecular complexity index is 397. The number of hydrogen-bond acceptors (Lipinski definition) is 4. The van der Waals surface area contributed by atoms with Crippen molar-refractivity contribution in [3.8, 4) is 11.5 Å². The van der Waals surface area contributed by atoms with E-state index in [2.05, 4.69) is 0 Å². The quantitative estimate of drug-likeness (QED) is 0.844. The molecular weight excluding hydrogens is 230 g/mol. The van der Waals surface area contributed by atoms with Crippen LogP contribution >= 0.6 is 0 Å². The molecule has 18 heavy (non-hydrogen) atoms. The molecule has 0 heterocycles. The van der Waals surface area contributed by atoms with Crippen molar-refractivity contribution >= 4 is 0 Å². The average molecular weight is 253 g/mol. The topological polar surface area (TPSA) is 53.7 Å². The number of ether oxygens (including phenoxy) is 3. The first-order chi connectivity index (χ1) is 8.42. The molecule has 0 aromatic heterocycles. The summed E-state index contributed by atoms with van der Waals surface area (Å²) in [4.78, 5) is 0. The molecule has 4 nitrogen and oxygen atoms in total. The van der Waals surface area contributed by atoms with Crippen LogP contribution in [-0.4, -0.2) is 26.9 Å². The molecule has 102 valence electrons. The van der Waals surface area contributed by atoms with Crippen LogP contribution in [0.2, 0.25) is 0 Å². The molecule has 0 atom stereocenters. The maximum Gasteiger partial charge on any atom is 0.124 e. The minimum Gasteiger partial charge on any atom is -0.496 e. The largest absolute Gasteiger partial charge is 0.496 e. The minimum absolute atomic E-state index is 0.317. The summed E-state index contributed by atoms with van der Waals surface area (Å²) in [6.45, 7) is 4.46. The van der Waals surface area contributed by atoms with Gasteiger partial charge in [0, 0.05) is 23.8 Å². The molecule has 0 unspecified atom stereocenters. The fourth-order valence-corrected chi connectivity index (χ4v) is 1.98. The average Bonchev–Trinajstić information content (AvgIpc) is 2.29. The molecule has 0 bridgehead atoms. The summed E-state index contributed by atoms with van der Waals surface area (Å²) < 4.78 is 16.0. The van der Waals surface area contributed by atoms with E-state index in [4.69, 9.17) is 19.9 Å². The summed E-state index contributed by atoms with van der Waals surface area (Å²) in [7, 11) is 4.97. The molecular formula is C14H23NO3. The summed E-state index contributed by atoms with van der Waals surface area (Å²) >= 11 is 0. The van der Waals surface area contributed by atoms with Gasteiger partial charge in [0.1, 0.15) is 11.5 Å². The predicted molar refractivity (Wildman–Crippen MR) is 72.2 cm³/mol. The lowest BCUT2D eigenvalue weighted by Crippen LogP contribution is -2.35. The van der Waals surface area contributed by atoms with Gasteiger partial charge in [0.25, 0.3) is 0 Å². The lowest BCUT2D eigenvalue weighted by Gasteiger charge is -2.23. The zero-order valence-corrected chi connectivity index (χ0v) is 11.9. The van der Waals surface area contributed by atoms with Crippen molar-refractivity contribution in [2.24, 2.45) is 5.73 Å². The third kappa shape index (κ3) is 3.62. The lowest BCUT2D eigenvalue weighted by atomic mass is 9.92. The molecule has 2 N–H and O–H groups in total. The van der Waals surface area contributed by atoms with Crippen LogP contribution in [0.25, 0.3) is 0 Å². The Morgan fingerprint density at radius 1 is 1.00 bits per heavy atom. The van der Waals surface area contributed by atoms with Gasteiger partial charge in [0.15, 0.2) is 0 Å². The second-order valence-corrected chi connectivity index (χ2v) is 5.03. The standard InChI is InChI=1S/C14H23NO3/c1-14(2,15)8-10-11(9-16-3)13(18-5)7-6-12(10)17-4/h6-7H,8-9,15H2,1-5H3. The van der Waals surface area contributed by atoms with E-state index in [-0.39, 0.29) is 5.54 Å². The van der Waals surface area contributed by atoms with Gasteiger partial charge in [-0.05, 0) is 32.4 Å². The molecule has 1 aromatic rings. The van der Waals surface area contributed by atoms with Gasteiger partial charge in [-0.1, -0.05) is 0 Å². The molecule has 0 spiro atoms. The second-order valence-electron chi connectivity index (χ2n) is 5.03.